The minimum atomic E-state index is -0.353. The lowest BCUT2D eigenvalue weighted by molar-refractivity contribution is -0.134. The van der Waals surface area contributed by atoms with E-state index in [0.717, 1.165) is 16.9 Å². The maximum Gasteiger partial charge on any atom is 0.330 e. The number of carbonyl (C=O) groups is 1. The molecule has 0 aromatic heterocycles. The van der Waals surface area contributed by atoms with Gasteiger partial charge in [0, 0.05) is 6.08 Å². The van der Waals surface area contributed by atoms with E-state index in [4.69, 9.17) is 4.74 Å². The fourth-order valence-electron chi connectivity index (χ4n) is 1.70. The van der Waals surface area contributed by atoms with Crippen LogP contribution in [0, 0.1) is 5.92 Å². The first-order valence-corrected chi connectivity index (χ1v) is 6.19. The van der Waals surface area contributed by atoms with Gasteiger partial charge >= 0.3 is 5.97 Å². The average Bonchev–Trinajstić information content (AvgIpc) is 2.43. The fraction of sp³-hybridized carbons (Fsp3) is 0.312. The van der Waals surface area contributed by atoms with Crippen molar-refractivity contribution in [3.8, 4) is 5.75 Å². The third kappa shape index (κ3) is 4.62. The number of rotatable bonds is 5. The Morgan fingerprint density at radius 2 is 1.79 bits per heavy atom. The Balaban J connectivity index is 2.96. The summed E-state index contributed by atoms with van der Waals surface area (Å²) in [7, 11) is 3.01. The highest BCUT2D eigenvalue weighted by atomic mass is 16.5. The smallest absolute Gasteiger partial charge is 0.330 e. The molecule has 1 aromatic carbocycles. The molecule has 0 fully saturated rings. The van der Waals surface area contributed by atoms with Crippen molar-refractivity contribution >= 4 is 11.5 Å². The Labute approximate surface area is 114 Å². The quantitative estimate of drug-likeness (QED) is 0.462. The normalized spacial score (nSPS) is 11.9. The van der Waals surface area contributed by atoms with Crippen molar-refractivity contribution in [3.05, 3.63) is 48.1 Å². The van der Waals surface area contributed by atoms with E-state index in [-0.39, 0.29) is 5.97 Å². The predicted octanol–water partition coefficient (Wildman–Crippen LogP) is 3.46. The van der Waals surface area contributed by atoms with Crippen LogP contribution < -0.4 is 4.74 Å². The van der Waals surface area contributed by atoms with E-state index >= 15 is 0 Å². The molecule has 0 N–H and O–H groups in total. The second kappa shape index (κ2) is 7.41. The van der Waals surface area contributed by atoms with Crippen LogP contribution in [0.15, 0.2) is 42.5 Å². The van der Waals surface area contributed by atoms with E-state index in [9.17, 15) is 4.79 Å². The highest BCUT2D eigenvalue weighted by Crippen LogP contribution is 2.25. The van der Waals surface area contributed by atoms with Gasteiger partial charge in [-0.15, -0.1) is 0 Å². The fourth-order valence-corrected chi connectivity index (χ4v) is 1.70. The van der Waals surface area contributed by atoms with Gasteiger partial charge in [0.05, 0.1) is 14.2 Å². The van der Waals surface area contributed by atoms with Crippen LogP contribution in [0.3, 0.4) is 0 Å². The zero-order valence-corrected chi connectivity index (χ0v) is 11.8. The van der Waals surface area contributed by atoms with Gasteiger partial charge in [-0.3, -0.25) is 0 Å². The summed E-state index contributed by atoms with van der Waals surface area (Å²) >= 11 is 0. The number of ether oxygens (including phenoxy) is 2. The Morgan fingerprint density at radius 3 is 2.26 bits per heavy atom. The van der Waals surface area contributed by atoms with Gasteiger partial charge in [0.25, 0.3) is 0 Å². The number of hydrogen-bond acceptors (Lipinski definition) is 3. The SMILES string of the molecule is COC(=O)/C=C/C=C(\c1ccc(OC)cc1)C(C)C. The minimum absolute atomic E-state index is 0.353. The number of allylic oxidation sites excluding steroid dienone is 3. The van der Waals surface area contributed by atoms with Crippen LogP contribution in [-0.4, -0.2) is 20.2 Å². The summed E-state index contributed by atoms with van der Waals surface area (Å²) in [5.41, 5.74) is 2.27. The summed E-state index contributed by atoms with van der Waals surface area (Å²) in [5, 5.41) is 0. The second-order valence-corrected chi connectivity index (χ2v) is 4.39. The van der Waals surface area contributed by atoms with Gasteiger partial charge < -0.3 is 9.47 Å². The molecule has 0 aliphatic heterocycles. The topological polar surface area (TPSA) is 35.5 Å². The highest BCUT2D eigenvalue weighted by Gasteiger charge is 2.05. The van der Waals surface area contributed by atoms with Crippen molar-refractivity contribution in [3.63, 3.8) is 0 Å². The van der Waals surface area contributed by atoms with Crippen LogP contribution in [0.5, 0.6) is 5.75 Å². The first-order chi connectivity index (χ1) is 9.08. The molecule has 0 amide bonds. The van der Waals surface area contributed by atoms with E-state index in [1.54, 1.807) is 13.2 Å². The lowest BCUT2D eigenvalue weighted by atomic mass is 9.95. The Hall–Kier alpha value is -2.03. The molecule has 102 valence electrons. The van der Waals surface area contributed by atoms with Crippen molar-refractivity contribution in [2.24, 2.45) is 5.92 Å². The molecular formula is C16H20O3. The lowest BCUT2D eigenvalue weighted by Gasteiger charge is -2.11. The Kier molecular flexibility index (Phi) is 5.86. The van der Waals surface area contributed by atoms with Crippen LogP contribution >= 0.6 is 0 Å². The molecule has 0 heterocycles. The highest BCUT2D eigenvalue weighted by molar-refractivity contribution is 5.82. The first-order valence-electron chi connectivity index (χ1n) is 6.19. The third-order valence-electron chi connectivity index (χ3n) is 2.75. The van der Waals surface area contributed by atoms with E-state index in [1.165, 1.54) is 13.2 Å². The largest absolute Gasteiger partial charge is 0.497 e. The molecule has 0 saturated heterocycles. The van der Waals surface area contributed by atoms with Gasteiger partial charge in [-0.05, 0) is 29.2 Å². The lowest BCUT2D eigenvalue weighted by Crippen LogP contribution is -1.95. The molecule has 3 heteroatoms. The summed E-state index contributed by atoms with van der Waals surface area (Å²) < 4.78 is 9.70. The van der Waals surface area contributed by atoms with Crippen LogP contribution in [0.1, 0.15) is 19.4 Å². The molecule has 19 heavy (non-hydrogen) atoms. The molecule has 0 saturated carbocycles. The summed E-state index contributed by atoms with van der Waals surface area (Å²) in [6.07, 6.45) is 5.06. The maximum absolute atomic E-state index is 11.0. The Morgan fingerprint density at radius 1 is 1.16 bits per heavy atom. The van der Waals surface area contributed by atoms with E-state index in [0.29, 0.717) is 5.92 Å². The van der Waals surface area contributed by atoms with Gasteiger partial charge in [0.15, 0.2) is 0 Å². The Bertz CT molecular complexity index is 467. The number of benzene rings is 1. The van der Waals surface area contributed by atoms with E-state index in [1.807, 2.05) is 30.3 Å². The van der Waals surface area contributed by atoms with E-state index in [2.05, 4.69) is 18.6 Å². The first kappa shape index (κ1) is 15.0. The van der Waals surface area contributed by atoms with Gasteiger partial charge in [-0.25, -0.2) is 4.79 Å². The molecule has 0 bridgehead atoms. The summed E-state index contributed by atoms with van der Waals surface area (Å²) in [6.45, 7) is 4.23. The van der Waals surface area contributed by atoms with Crippen molar-refractivity contribution in [2.45, 2.75) is 13.8 Å². The van der Waals surface area contributed by atoms with Crippen molar-refractivity contribution in [1.82, 2.24) is 0 Å². The molecule has 1 aromatic rings. The minimum Gasteiger partial charge on any atom is -0.497 e. The summed E-state index contributed by atoms with van der Waals surface area (Å²) in [5.74, 6) is 0.835. The van der Waals surface area contributed by atoms with Gasteiger partial charge in [0.2, 0.25) is 0 Å². The van der Waals surface area contributed by atoms with Gasteiger partial charge in [-0.2, -0.15) is 0 Å². The van der Waals surface area contributed by atoms with Gasteiger partial charge in [0.1, 0.15) is 5.75 Å². The van der Waals surface area contributed by atoms with E-state index < -0.39 is 0 Å². The van der Waals surface area contributed by atoms with Crippen molar-refractivity contribution in [1.29, 1.82) is 0 Å². The number of esters is 1. The molecule has 0 radical (unpaired) electrons. The number of hydrogen-bond donors (Lipinski definition) is 0. The summed E-state index contributed by atoms with van der Waals surface area (Å²) in [6, 6.07) is 7.87. The molecule has 3 nitrogen and oxygen atoms in total. The second-order valence-electron chi connectivity index (χ2n) is 4.39. The molecular weight excluding hydrogens is 240 g/mol. The van der Waals surface area contributed by atoms with Crippen molar-refractivity contribution < 1.29 is 14.3 Å². The molecule has 0 aliphatic carbocycles. The molecule has 0 aliphatic rings. The van der Waals surface area contributed by atoms with Crippen LogP contribution in [0.2, 0.25) is 0 Å². The maximum atomic E-state index is 11.0. The van der Waals surface area contributed by atoms with Crippen LogP contribution in [-0.2, 0) is 9.53 Å². The monoisotopic (exact) mass is 260 g/mol. The molecule has 0 unspecified atom stereocenters. The number of carbonyl (C=O) groups excluding carboxylic acids is 1. The zero-order valence-electron chi connectivity index (χ0n) is 11.8. The third-order valence-corrected chi connectivity index (χ3v) is 2.75. The molecule has 1 rings (SSSR count). The number of methoxy groups -OCH3 is 2. The molecule has 0 spiro atoms. The average molecular weight is 260 g/mol. The van der Waals surface area contributed by atoms with Crippen molar-refractivity contribution in [2.75, 3.05) is 14.2 Å². The summed E-state index contributed by atoms with van der Waals surface area (Å²) in [4.78, 5) is 11.0. The zero-order chi connectivity index (χ0) is 14.3. The standard InChI is InChI=1S/C16H20O3/c1-12(2)15(6-5-7-16(17)19-4)13-8-10-14(18-3)11-9-13/h5-12H,1-4H3/b7-5+,15-6-. The molecule has 0 atom stereocenters. The van der Waals surface area contributed by atoms with Gasteiger partial charge in [-0.1, -0.05) is 38.1 Å². The van der Waals surface area contributed by atoms with Crippen LogP contribution in [0.25, 0.3) is 5.57 Å². The van der Waals surface area contributed by atoms with Crippen LogP contribution in [0.4, 0.5) is 0 Å². The predicted molar refractivity (Wildman–Crippen MR) is 77.0 cm³/mol.